The maximum Gasteiger partial charge on any atom is 0.159 e. The van der Waals surface area contributed by atoms with E-state index >= 15 is 0 Å². The summed E-state index contributed by atoms with van der Waals surface area (Å²) in [5, 5.41) is 3.24. The van der Waals surface area contributed by atoms with Gasteiger partial charge in [-0.2, -0.15) is 0 Å². The van der Waals surface area contributed by atoms with E-state index in [0.29, 0.717) is 24.5 Å². The summed E-state index contributed by atoms with van der Waals surface area (Å²) in [6, 6.07) is 6.31. The van der Waals surface area contributed by atoms with E-state index in [9.17, 15) is 4.39 Å². The summed E-state index contributed by atoms with van der Waals surface area (Å²) in [6.45, 7) is 7.44. The van der Waals surface area contributed by atoms with Crippen molar-refractivity contribution in [2.45, 2.75) is 26.2 Å². The molecule has 0 spiro atoms. The molecule has 0 aliphatic carbocycles. The second-order valence-electron chi connectivity index (χ2n) is 5.93. The SMILES string of the molecule is CC(C)(C)c1nc(-c2cccc(F)c2)ncc1NCCN. The third kappa shape index (κ3) is 3.76. The molecule has 5 heteroatoms. The van der Waals surface area contributed by atoms with Gasteiger partial charge < -0.3 is 11.1 Å². The van der Waals surface area contributed by atoms with E-state index in [2.05, 4.69) is 36.1 Å². The van der Waals surface area contributed by atoms with Gasteiger partial charge in [-0.15, -0.1) is 0 Å². The van der Waals surface area contributed by atoms with Gasteiger partial charge in [-0.05, 0) is 12.1 Å². The van der Waals surface area contributed by atoms with E-state index in [1.807, 2.05) is 0 Å². The van der Waals surface area contributed by atoms with Crippen molar-refractivity contribution in [3.8, 4) is 11.4 Å². The fourth-order valence-corrected chi connectivity index (χ4v) is 2.06. The average molecular weight is 288 g/mol. The Morgan fingerprint density at radius 3 is 2.67 bits per heavy atom. The van der Waals surface area contributed by atoms with Gasteiger partial charge in [-0.1, -0.05) is 32.9 Å². The number of nitrogens with one attached hydrogen (secondary N) is 1. The largest absolute Gasteiger partial charge is 0.381 e. The number of nitrogens with two attached hydrogens (primary N) is 1. The predicted molar refractivity (Wildman–Crippen MR) is 83.7 cm³/mol. The van der Waals surface area contributed by atoms with Crippen LogP contribution >= 0.6 is 0 Å². The summed E-state index contributed by atoms with van der Waals surface area (Å²) < 4.78 is 13.4. The fraction of sp³-hybridized carbons (Fsp3) is 0.375. The lowest BCUT2D eigenvalue weighted by Gasteiger charge is -2.22. The van der Waals surface area contributed by atoms with Crippen molar-refractivity contribution < 1.29 is 4.39 Å². The van der Waals surface area contributed by atoms with Gasteiger partial charge in [0.2, 0.25) is 0 Å². The number of nitrogens with zero attached hydrogens (tertiary/aromatic N) is 2. The quantitative estimate of drug-likeness (QED) is 0.908. The predicted octanol–water partition coefficient (Wildman–Crippen LogP) is 2.95. The number of anilines is 1. The minimum Gasteiger partial charge on any atom is -0.381 e. The molecular weight excluding hydrogens is 267 g/mol. The van der Waals surface area contributed by atoms with Crippen molar-refractivity contribution in [2.24, 2.45) is 5.73 Å². The molecule has 0 amide bonds. The van der Waals surface area contributed by atoms with E-state index in [1.54, 1.807) is 18.3 Å². The topological polar surface area (TPSA) is 63.8 Å². The molecule has 0 radical (unpaired) electrons. The molecule has 1 heterocycles. The molecule has 0 bridgehead atoms. The molecule has 21 heavy (non-hydrogen) atoms. The van der Waals surface area contributed by atoms with E-state index in [4.69, 9.17) is 5.73 Å². The first kappa shape index (κ1) is 15.4. The number of hydrogen-bond donors (Lipinski definition) is 2. The highest BCUT2D eigenvalue weighted by Gasteiger charge is 2.21. The molecule has 1 aromatic heterocycles. The molecular formula is C16H21FN4. The molecule has 0 saturated carbocycles. The van der Waals surface area contributed by atoms with Crippen LogP contribution in [0.25, 0.3) is 11.4 Å². The number of aromatic nitrogens is 2. The molecule has 2 rings (SSSR count). The molecule has 0 aliphatic rings. The summed E-state index contributed by atoms with van der Waals surface area (Å²) in [5.41, 5.74) is 7.81. The van der Waals surface area contributed by atoms with Gasteiger partial charge >= 0.3 is 0 Å². The zero-order chi connectivity index (χ0) is 15.5. The van der Waals surface area contributed by atoms with Crippen LogP contribution in [0, 0.1) is 5.82 Å². The lowest BCUT2D eigenvalue weighted by molar-refractivity contribution is 0.569. The Bertz CT molecular complexity index is 620. The third-order valence-electron chi connectivity index (χ3n) is 3.04. The molecule has 0 fully saturated rings. The lowest BCUT2D eigenvalue weighted by Crippen LogP contribution is -2.21. The zero-order valence-corrected chi connectivity index (χ0v) is 12.7. The van der Waals surface area contributed by atoms with Gasteiger partial charge in [0.05, 0.1) is 17.6 Å². The minimum absolute atomic E-state index is 0.151. The van der Waals surface area contributed by atoms with Crippen molar-refractivity contribution in [1.29, 1.82) is 0 Å². The highest BCUT2D eigenvalue weighted by molar-refractivity contribution is 5.59. The van der Waals surface area contributed by atoms with Crippen LogP contribution in [0.2, 0.25) is 0 Å². The van der Waals surface area contributed by atoms with Crippen molar-refractivity contribution in [2.75, 3.05) is 18.4 Å². The van der Waals surface area contributed by atoms with Crippen LogP contribution in [0.1, 0.15) is 26.5 Å². The van der Waals surface area contributed by atoms with Gasteiger partial charge in [0.1, 0.15) is 5.82 Å². The van der Waals surface area contributed by atoms with Gasteiger partial charge in [-0.3, -0.25) is 0 Å². The molecule has 0 saturated heterocycles. The second kappa shape index (κ2) is 6.18. The van der Waals surface area contributed by atoms with Gasteiger partial charge in [0.25, 0.3) is 0 Å². The zero-order valence-electron chi connectivity index (χ0n) is 12.7. The Balaban J connectivity index is 2.46. The van der Waals surface area contributed by atoms with Crippen molar-refractivity contribution in [3.05, 3.63) is 42.0 Å². The van der Waals surface area contributed by atoms with E-state index < -0.39 is 0 Å². The standard InChI is InChI=1S/C16H21FN4/c1-16(2,3)14-13(19-8-7-18)10-20-15(21-14)11-5-4-6-12(17)9-11/h4-6,9-10,19H,7-8,18H2,1-3H3. The highest BCUT2D eigenvalue weighted by Crippen LogP contribution is 2.29. The second-order valence-corrected chi connectivity index (χ2v) is 5.93. The number of hydrogen-bond acceptors (Lipinski definition) is 4. The Morgan fingerprint density at radius 1 is 1.29 bits per heavy atom. The first-order valence-corrected chi connectivity index (χ1v) is 6.99. The van der Waals surface area contributed by atoms with Crippen LogP contribution in [0.4, 0.5) is 10.1 Å². The molecule has 1 aromatic carbocycles. The third-order valence-corrected chi connectivity index (χ3v) is 3.04. The van der Waals surface area contributed by atoms with Gasteiger partial charge in [0.15, 0.2) is 5.82 Å². The van der Waals surface area contributed by atoms with Crippen LogP contribution in [0.15, 0.2) is 30.5 Å². The Morgan fingerprint density at radius 2 is 2.05 bits per heavy atom. The summed E-state index contributed by atoms with van der Waals surface area (Å²) in [6.07, 6.45) is 1.74. The van der Waals surface area contributed by atoms with Crippen LogP contribution in [-0.2, 0) is 5.41 Å². The van der Waals surface area contributed by atoms with Gasteiger partial charge in [-0.25, -0.2) is 14.4 Å². The molecule has 0 atom stereocenters. The molecule has 3 N–H and O–H groups in total. The minimum atomic E-state index is -0.293. The number of halogens is 1. The Hall–Kier alpha value is -2.01. The average Bonchev–Trinajstić information content (AvgIpc) is 2.44. The van der Waals surface area contributed by atoms with Crippen molar-refractivity contribution in [3.63, 3.8) is 0 Å². The number of benzene rings is 1. The molecule has 112 valence electrons. The highest BCUT2D eigenvalue weighted by atomic mass is 19.1. The summed E-state index contributed by atoms with van der Waals surface area (Å²) in [7, 11) is 0. The summed E-state index contributed by atoms with van der Waals surface area (Å²) in [4.78, 5) is 8.96. The van der Waals surface area contributed by atoms with E-state index in [-0.39, 0.29) is 11.2 Å². The molecule has 0 aliphatic heterocycles. The monoisotopic (exact) mass is 288 g/mol. The molecule has 4 nitrogen and oxygen atoms in total. The van der Waals surface area contributed by atoms with Crippen LogP contribution < -0.4 is 11.1 Å². The number of rotatable bonds is 4. The maximum absolute atomic E-state index is 13.4. The van der Waals surface area contributed by atoms with Crippen LogP contribution in [0.3, 0.4) is 0 Å². The molecule has 2 aromatic rings. The smallest absolute Gasteiger partial charge is 0.159 e. The maximum atomic E-state index is 13.4. The van der Waals surface area contributed by atoms with E-state index in [0.717, 1.165) is 11.4 Å². The summed E-state index contributed by atoms with van der Waals surface area (Å²) >= 11 is 0. The Kier molecular flexibility index (Phi) is 4.53. The van der Waals surface area contributed by atoms with Gasteiger partial charge in [0, 0.05) is 24.1 Å². The first-order chi connectivity index (χ1) is 9.91. The van der Waals surface area contributed by atoms with Crippen molar-refractivity contribution in [1.82, 2.24) is 9.97 Å². The fourth-order valence-electron chi connectivity index (χ4n) is 2.06. The van der Waals surface area contributed by atoms with Crippen LogP contribution in [-0.4, -0.2) is 23.1 Å². The lowest BCUT2D eigenvalue weighted by atomic mass is 9.90. The first-order valence-electron chi connectivity index (χ1n) is 6.99. The van der Waals surface area contributed by atoms with Crippen molar-refractivity contribution >= 4 is 5.69 Å². The molecule has 0 unspecified atom stereocenters. The Labute approximate surface area is 124 Å². The summed E-state index contributed by atoms with van der Waals surface area (Å²) in [5.74, 6) is 0.233. The normalized spacial score (nSPS) is 11.5. The van der Waals surface area contributed by atoms with Crippen LogP contribution in [0.5, 0.6) is 0 Å². The van der Waals surface area contributed by atoms with E-state index in [1.165, 1.54) is 12.1 Å².